The Labute approximate surface area is 140 Å². The molecule has 5 nitrogen and oxygen atoms in total. The van der Waals surface area contributed by atoms with Gasteiger partial charge in [-0.05, 0) is 31.4 Å². The molecule has 0 radical (unpaired) electrons. The summed E-state index contributed by atoms with van der Waals surface area (Å²) in [4.78, 5) is -0.0121. The average Bonchev–Trinajstić information content (AvgIpc) is 2.98. The first-order chi connectivity index (χ1) is 10.5. The highest BCUT2D eigenvalue weighted by Crippen LogP contribution is 2.28. The minimum absolute atomic E-state index is 0.0121. The van der Waals surface area contributed by atoms with Crippen LogP contribution in [-0.4, -0.2) is 40.9 Å². The van der Waals surface area contributed by atoms with Crippen LogP contribution in [0.25, 0.3) is 0 Å². The van der Waals surface area contributed by atoms with Gasteiger partial charge in [-0.3, -0.25) is 0 Å². The summed E-state index contributed by atoms with van der Waals surface area (Å²) in [5, 5.41) is 0.246. The maximum atomic E-state index is 12.1. The van der Waals surface area contributed by atoms with Gasteiger partial charge in [-0.15, -0.1) is 0 Å². The average molecular weight is 368 g/mol. The predicted octanol–water partition coefficient (Wildman–Crippen LogP) is 2.86. The fourth-order valence-electron chi connectivity index (χ4n) is 2.14. The second-order valence-electron chi connectivity index (χ2n) is 5.01. The van der Waals surface area contributed by atoms with E-state index in [0.717, 1.165) is 19.4 Å². The maximum absolute atomic E-state index is 12.1. The molecular weight excluding hydrogens is 349 g/mol. The minimum Gasteiger partial charge on any atom is -0.379 e. The first-order valence-electron chi connectivity index (χ1n) is 7.14. The number of sulfonamides is 1. The Morgan fingerprint density at radius 2 is 2.18 bits per heavy atom. The van der Waals surface area contributed by atoms with Crippen molar-refractivity contribution in [3.05, 3.63) is 28.2 Å². The van der Waals surface area contributed by atoms with Gasteiger partial charge in [0.2, 0.25) is 10.0 Å². The molecule has 22 heavy (non-hydrogen) atoms. The fourth-order valence-corrected chi connectivity index (χ4v) is 3.97. The summed E-state index contributed by atoms with van der Waals surface area (Å²) in [7, 11) is -3.66. The van der Waals surface area contributed by atoms with Crippen molar-refractivity contribution in [2.24, 2.45) is 0 Å². The normalized spacial score (nSPS) is 18.7. The summed E-state index contributed by atoms with van der Waals surface area (Å²) in [5.41, 5.74) is 0. The molecule has 1 fully saturated rings. The minimum atomic E-state index is -3.66. The zero-order valence-corrected chi connectivity index (χ0v) is 14.4. The molecule has 1 N–H and O–H groups in total. The largest absolute Gasteiger partial charge is 0.379 e. The molecule has 0 bridgehead atoms. The molecule has 1 atom stereocenters. The van der Waals surface area contributed by atoms with E-state index in [0.29, 0.717) is 19.6 Å². The molecule has 124 valence electrons. The Morgan fingerprint density at radius 3 is 2.91 bits per heavy atom. The van der Waals surface area contributed by atoms with Gasteiger partial charge < -0.3 is 9.47 Å². The first-order valence-corrected chi connectivity index (χ1v) is 9.37. The Bertz CT molecular complexity index is 589. The van der Waals surface area contributed by atoms with Crippen molar-refractivity contribution in [3.8, 4) is 0 Å². The summed E-state index contributed by atoms with van der Waals surface area (Å²) >= 11 is 11.8. The van der Waals surface area contributed by atoms with Crippen molar-refractivity contribution >= 4 is 33.2 Å². The molecule has 0 aliphatic carbocycles. The number of ether oxygens (including phenoxy) is 2. The lowest BCUT2D eigenvalue weighted by molar-refractivity contribution is 0.0169. The van der Waals surface area contributed by atoms with Crippen LogP contribution in [0, 0.1) is 0 Å². The number of rotatable bonds is 8. The number of hydrogen-bond donors (Lipinski definition) is 1. The molecule has 1 saturated heterocycles. The summed E-state index contributed by atoms with van der Waals surface area (Å²) in [6, 6.07) is 4.51. The molecule has 1 aliphatic heterocycles. The highest BCUT2D eigenvalue weighted by Gasteiger charge is 2.19. The van der Waals surface area contributed by atoms with E-state index < -0.39 is 10.0 Å². The van der Waals surface area contributed by atoms with E-state index in [1.807, 2.05) is 0 Å². The van der Waals surface area contributed by atoms with Crippen LogP contribution in [-0.2, 0) is 19.5 Å². The van der Waals surface area contributed by atoms with Crippen molar-refractivity contribution in [3.63, 3.8) is 0 Å². The van der Waals surface area contributed by atoms with E-state index in [1.165, 1.54) is 6.07 Å². The third kappa shape index (κ3) is 5.08. The Kier molecular flexibility index (Phi) is 6.92. The van der Waals surface area contributed by atoms with Gasteiger partial charge in [-0.25, -0.2) is 13.1 Å². The van der Waals surface area contributed by atoms with Gasteiger partial charge >= 0.3 is 0 Å². The van der Waals surface area contributed by atoms with Gasteiger partial charge in [0, 0.05) is 19.8 Å². The van der Waals surface area contributed by atoms with Gasteiger partial charge in [0.1, 0.15) is 4.90 Å². The maximum Gasteiger partial charge on any atom is 0.242 e. The van der Waals surface area contributed by atoms with Crippen molar-refractivity contribution in [2.45, 2.75) is 30.3 Å². The summed E-state index contributed by atoms with van der Waals surface area (Å²) in [6.45, 7) is 2.11. The first kappa shape index (κ1) is 18.0. The van der Waals surface area contributed by atoms with Crippen LogP contribution in [0.2, 0.25) is 10.0 Å². The van der Waals surface area contributed by atoms with Crippen molar-refractivity contribution in [2.75, 3.05) is 26.4 Å². The third-order valence-electron chi connectivity index (χ3n) is 3.29. The van der Waals surface area contributed by atoms with E-state index in [9.17, 15) is 8.42 Å². The van der Waals surface area contributed by atoms with Crippen molar-refractivity contribution in [1.82, 2.24) is 4.72 Å². The second-order valence-corrected chi connectivity index (χ2v) is 7.53. The lowest BCUT2D eigenvalue weighted by Gasteiger charge is -2.11. The molecule has 1 aromatic carbocycles. The summed E-state index contributed by atoms with van der Waals surface area (Å²) in [6.07, 6.45) is 2.86. The second kappa shape index (κ2) is 8.47. The van der Waals surface area contributed by atoms with E-state index in [4.69, 9.17) is 32.7 Å². The van der Waals surface area contributed by atoms with Crippen LogP contribution in [0.4, 0.5) is 0 Å². The lowest BCUT2D eigenvalue weighted by Crippen LogP contribution is -2.26. The van der Waals surface area contributed by atoms with Crippen LogP contribution in [0.3, 0.4) is 0 Å². The monoisotopic (exact) mass is 367 g/mol. The lowest BCUT2D eigenvalue weighted by atomic mass is 10.2. The standard InChI is InChI=1S/C14H19Cl2NO4S/c15-12-5-1-6-13(14(12)16)22(18,19)17-7-3-8-20-10-11-4-2-9-21-11/h1,5-6,11,17H,2-4,7-10H2. The van der Waals surface area contributed by atoms with E-state index in [-0.39, 0.29) is 27.6 Å². The van der Waals surface area contributed by atoms with Crippen LogP contribution < -0.4 is 4.72 Å². The number of benzene rings is 1. The molecule has 1 heterocycles. The number of hydrogen-bond acceptors (Lipinski definition) is 4. The van der Waals surface area contributed by atoms with E-state index >= 15 is 0 Å². The predicted molar refractivity (Wildman–Crippen MR) is 86.1 cm³/mol. The fraction of sp³-hybridized carbons (Fsp3) is 0.571. The molecule has 0 spiro atoms. The molecule has 2 rings (SSSR count). The molecule has 1 aromatic rings. The van der Waals surface area contributed by atoms with Crippen LogP contribution >= 0.6 is 23.2 Å². The van der Waals surface area contributed by atoms with Crippen LogP contribution in [0.15, 0.2) is 23.1 Å². The number of nitrogens with one attached hydrogen (secondary N) is 1. The molecule has 0 aromatic heterocycles. The SMILES string of the molecule is O=S(=O)(NCCCOCC1CCCO1)c1cccc(Cl)c1Cl. The molecule has 1 aliphatic rings. The van der Waals surface area contributed by atoms with Crippen molar-refractivity contribution in [1.29, 1.82) is 0 Å². The highest BCUT2D eigenvalue weighted by molar-refractivity contribution is 7.89. The third-order valence-corrected chi connectivity index (χ3v) is 5.73. The topological polar surface area (TPSA) is 64.6 Å². The zero-order valence-electron chi connectivity index (χ0n) is 12.1. The van der Waals surface area contributed by atoms with Crippen LogP contribution in [0.1, 0.15) is 19.3 Å². The van der Waals surface area contributed by atoms with Crippen LogP contribution in [0.5, 0.6) is 0 Å². The van der Waals surface area contributed by atoms with Gasteiger partial charge in [-0.1, -0.05) is 29.3 Å². The Morgan fingerprint density at radius 1 is 1.36 bits per heavy atom. The molecule has 0 saturated carbocycles. The quantitative estimate of drug-likeness (QED) is 0.717. The van der Waals surface area contributed by atoms with E-state index in [2.05, 4.69) is 4.72 Å². The van der Waals surface area contributed by atoms with Gasteiger partial charge in [-0.2, -0.15) is 0 Å². The molecule has 0 amide bonds. The van der Waals surface area contributed by atoms with Crippen molar-refractivity contribution < 1.29 is 17.9 Å². The zero-order chi connectivity index (χ0) is 16.0. The smallest absolute Gasteiger partial charge is 0.242 e. The summed E-state index contributed by atoms with van der Waals surface area (Å²) < 4.78 is 37.7. The van der Waals surface area contributed by atoms with Gasteiger partial charge in [0.05, 0.1) is 22.8 Å². The Balaban J connectivity index is 1.72. The molecule has 1 unspecified atom stereocenters. The number of halogens is 2. The molecular formula is C14H19Cl2NO4S. The van der Waals surface area contributed by atoms with Gasteiger partial charge in [0.15, 0.2) is 0 Å². The highest BCUT2D eigenvalue weighted by atomic mass is 35.5. The summed E-state index contributed by atoms with van der Waals surface area (Å²) in [5.74, 6) is 0. The van der Waals surface area contributed by atoms with Gasteiger partial charge in [0.25, 0.3) is 0 Å². The van der Waals surface area contributed by atoms with E-state index in [1.54, 1.807) is 12.1 Å². The molecule has 8 heteroatoms. The Hall–Kier alpha value is -0.370.